The van der Waals surface area contributed by atoms with E-state index in [9.17, 15) is 4.79 Å². The highest BCUT2D eigenvalue weighted by Gasteiger charge is 2.41. The van der Waals surface area contributed by atoms with Gasteiger partial charge in [0.05, 0.1) is 18.6 Å². The van der Waals surface area contributed by atoms with Gasteiger partial charge in [0.1, 0.15) is 6.10 Å². The quantitative estimate of drug-likeness (QED) is 0.706. The van der Waals surface area contributed by atoms with Gasteiger partial charge in [0.2, 0.25) is 0 Å². The molecule has 0 aromatic carbocycles. The van der Waals surface area contributed by atoms with Crippen molar-refractivity contribution in [3.05, 3.63) is 0 Å². The van der Waals surface area contributed by atoms with Gasteiger partial charge in [0.25, 0.3) is 0 Å². The molecule has 2 fully saturated rings. The summed E-state index contributed by atoms with van der Waals surface area (Å²) in [4.78, 5) is 12.0. The third-order valence-electron chi connectivity index (χ3n) is 3.52. The van der Waals surface area contributed by atoms with Gasteiger partial charge in [0.15, 0.2) is 0 Å². The van der Waals surface area contributed by atoms with Gasteiger partial charge in [-0.3, -0.25) is 4.79 Å². The lowest BCUT2D eigenvalue weighted by molar-refractivity contribution is -0.184. The zero-order valence-corrected chi connectivity index (χ0v) is 9.04. The molecule has 0 amide bonds. The topological polar surface area (TPSA) is 61.6 Å². The van der Waals surface area contributed by atoms with E-state index in [4.69, 9.17) is 15.2 Å². The Labute approximate surface area is 90.1 Å². The van der Waals surface area contributed by atoms with E-state index < -0.39 is 5.41 Å². The number of carbonyl (C=O) groups is 1. The molecule has 0 radical (unpaired) electrons. The SMILES string of the molecule is NCC1(C(=O)OC2COC2)CCCCC1. The second kappa shape index (κ2) is 4.49. The summed E-state index contributed by atoms with van der Waals surface area (Å²) in [5.74, 6) is -0.0991. The first-order chi connectivity index (χ1) is 7.27. The van der Waals surface area contributed by atoms with Crippen molar-refractivity contribution < 1.29 is 14.3 Å². The minimum absolute atomic E-state index is 0.0251. The Morgan fingerprint density at radius 3 is 2.47 bits per heavy atom. The van der Waals surface area contributed by atoms with E-state index in [0.717, 1.165) is 25.7 Å². The zero-order chi connectivity index (χ0) is 10.7. The molecule has 1 heterocycles. The lowest BCUT2D eigenvalue weighted by Crippen LogP contribution is -2.46. The van der Waals surface area contributed by atoms with Crippen molar-refractivity contribution in [2.24, 2.45) is 11.1 Å². The predicted octanol–water partition coefficient (Wildman–Crippen LogP) is 0.838. The molecule has 1 aliphatic heterocycles. The van der Waals surface area contributed by atoms with Crippen LogP contribution >= 0.6 is 0 Å². The van der Waals surface area contributed by atoms with Crippen molar-refractivity contribution in [3.63, 3.8) is 0 Å². The Morgan fingerprint density at radius 2 is 2.00 bits per heavy atom. The molecule has 4 heteroatoms. The molecular formula is C11H19NO3. The van der Waals surface area contributed by atoms with Crippen LogP contribution in [0.3, 0.4) is 0 Å². The van der Waals surface area contributed by atoms with Crippen molar-refractivity contribution in [1.82, 2.24) is 0 Å². The van der Waals surface area contributed by atoms with Gasteiger partial charge in [-0.25, -0.2) is 0 Å². The maximum atomic E-state index is 12.0. The van der Waals surface area contributed by atoms with E-state index in [1.54, 1.807) is 0 Å². The van der Waals surface area contributed by atoms with Gasteiger partial charge in [-0.2, -0.15) is 0 Å². The molecule has 4 nitrogen and oxygen atoms in total. The van der Waals surface area contributed by atoms with E-state index in [2.05, 4.69) is 0 Å². The molecule has 0 bridgehead atoms. The summed E-state index contributed by atoms with van der Waals surface area (Å²) in [6.07, 6.45) is 5.14. The summed E-state index contributed by atoms with van der Waals surface area (Å²) in [6.45, 7) is 1.51. The first-order valence-corrected chi connectivity index (χ1v) is 5.76. The van der Waals surface area contributed by atoms with Crippen LogP contribution in [-0.2, 0) is 14.3 Å². The number of esters is 1. The number of carbonyl (C=O) groups excluding carboxylic acids is 1. The molecule has 2 aliphatic rings. The molecule has 2 N–H and O–H groups in total. The van der Waals surface area contributed by atoms with Crippen molar-refractivity contribution in [2.75, 3.05) is 19.8 Å². The first-order valence-electron chi connectivity index (χ1n) is 5.76. The highest BCUT2D eigenvalue weighted by atomic mass is 16.6. The highest BCUT2D eigenvalue weighted by molar-refractivity contribution is 5.77. The Hall–Kier alpha value is -0.610. The summed E-state index contributed by atoms with van der Waals surface area (Å²) in [5, 5.41) is 0. The largest absolute Gasteiger partial charge is 0.457 e. The zero-order valence-electron chi connectivity index (χ0n) is 9.04. The molecule has 0 aromatic rings. The third kappa shape index (κ3) is 2.16. The summed E-state index contributed by atoms with van der Waals surface area (Å²) in [5.41, 5.74) is 5.35. The van der Waals surface area contributed by atoms with E-state index >= 15 is 0 Å². The van der Waals surface area contributed by atoms with Crippen molar-refractivity contribution >= 4 is 5.97 Å². The number of ether oxygens (including phenoxy) is 2. The Morgan fingerprint density at radius 1 is 1.33 bits per heavy atom. The Balaban J connectivity index is 1.93. The smallest absolute Gasteiger partial charge is 0.313 e. The average molecular weight is 213 g/mol. The molecule has 15 heavy (non-hydrogen) atoms. The Bertz CT molecular complexity index is 232. The summed E-state index contributed by atoms with van der Waals surface area (Å²) in [7, 11) is 0. The van der Waals surface area contributed by atoms with Gasteiger partial charge in [0, 0.05) is 6.54 Å². The van der Waals surface area contributed by atoms with Gasteiger partial charge in [-0.1, -0.05) is 19.3 Å². The van der Waals surface area contributed by atoms with E-state index in [1.165, 1.54) is 6.42 Å². The minimum atomic E-state index is -0.395. The number of rotatable bonds is 3. The molecule has 1 saturated heterocycles. The van der Waals surface area contributed by atoms with E-state index in [-0.39, 0.29) is 12.1 Å². The van der Waals surface area contributed by atoms with E-state index in [0.29, 0.717) is 19.8 Å². The normalized spacial score (nSPS) is 25.7. The van der Waals surface area contributed by atoms with Crippen molar-refractivity contribution in [3.8, 4) is 0 Å². The minimum Gasteiger partial charge on any atom is -0.457 e. The van der Waals surface area contributed by atoms with Crippen LogP contribution in [0.5, 0.6) is 0 Å². The van der Waals surface area contributed by atoms with Gasteiger partial charge < -0.3 is 15.2 Å². The van der Waals surface area contributed by atoms with Crippen LogP contribution < -0.4 is 5.73 Å². The van der Waals surface area contributed by atoms with Crippen LogP contribution in [0.15, 0.2) is 0 Å². The molecule has 86 valence electrons. The number of hydrogen-bond acceptors (Lipinski definition) is 4. The second-order valence-electron chi connectivity index (χ2n) is 4.61. The fraction of sp³-hybridized carbons (Fsp3) is 0.909. The highest BCUT2D eigenvalue weighted by Crippen LogP contribution is 2.37. The van der Waals surface area contributed by atoms with Crippen LogP contribution in [0.2, 0.25) is 0 Å². The molecule has 0 unspecified atom stereocenters. The lowest BCUT2D eigenvalue weighted by atomic mass is 9.74. The first kappa shape index (κ1) is 10.9. The molecular weight excluding hydrogens is 194 g/mol. The Kier molecular flexibility index (Phi) is 3.26. The molecule has 0 spiro atoms. The monoisotopic (exact) mass is 213 g/mol. The third-order valence-corrected chi connectivity index (χ3v) is 3.52. The van der Waals surface area contributed by atoms with Gasteiger partial charge in [-0.15, -0.1) is 0 Å². The predicted molar refractivity (Wildman–Crippen MR) is 55.3 cm³/mol. The van der Waals surface area contributed by atoms with Crippen LogP contribution in [0, 0.1) is 5.41 Å². The molecule has 1 aliphatic carbocycles. The number of hydrogen-bond donors (Lipinski definition) is 1. The molecule has 0 atom stereocenters. The maximum absolute atomic E-state index is 12.0. The standard InChI is InChI=1S/C11H19NO3/c12-8-11(4-2-1-3-5-11)10(13)15-9-6-14-7-9/h9H,1-8,12H2. The molecule has 2 rings (SSSR count). The fourth-order valence-corrected chi connectivity index (χ4v) is 2.28. The summed E-state index contributed by atoms with van der Waals surface area (Å²) in [6, 6.07) is 0. The van der Waals surface area contributed by atoms with Crippen molar-refractivity contribution in [1.29, 1.82) is 0 Å². The second-order valence-corrected chi connectivity index (χ2v) is 4.61. The van der Waals surface area contributed by atoms with Crippen molar-refractivity contribution in [2.45, 2.75) is 38.2 Å². The van der Waals surface area contributed by atoms with Crippen LogP contribution in [0.1, 0.15) is 32.1 Å². The van der Waals surface area contributed by atoms with Crippen LogP contribution in [0.25, 0.3) is 0 Å². The van der Waals surface area contributed by atoms with Gasteiger partial charge in [-0.05, 0) is 12.8 Å². The van der Waals surface area contributed by atoms with Gasteiger partial charge >= 0.3 is 5.97 Å². The molecule has 1 saturated carbocycles. The number of nitrogens with two attached hydrogens (primary N) is 1. The maximum Gasteiger partial charge on any atom is 0.313 e. The lowest BCUT2D eigenvalue weighted by Gasteiger charge is -2.36. The fourth-order valence-electron chi connectivity index (χ4n) is 2.28. The van der Waals surface area contributed by atoms with Crippen LogP contribution in [0.4, 0.5) is 0 Å². The molecule has 0 aromatic heterocycles. The average Bonchev–Trinajstić information content (AvgIpc) is 2.24. The summed E-state index contributed by atoms with van der Waals surface area (Å²) < 4.78 is 10.4. The summed E-state index contributed by atoms with van der Waals surface area (Å²) >= 11 is 0. The van der Waals surface area contributed by atoms with Crippen LogP contribution in [-0.4, -0.2) is 31.8 Å². The van der Waals surface area contributed by atoms with E-state index in [1.807, 2.05) is 0 Å².